The molecule has 6 heteroatoms. The van der Waals surface area contributed by atoms with E-state index in [1.54, 1.807) is 6.26 Å². The SMILES string of the molecule is CC(=O)OC1CC(C)(C)[C@]2(O)CC[C@H]3C(C)c4ccoc4C[C@H]3[C@@]2(C)C1OC(C)=O. The van der Waals surface area contributed by atoms with Crippen molar-refractivity contribution in [2.24, 2.45) is 22.7 Å². The van der Waals surface area contributed by atoms with Gasteiger partial charge in [-0.2, -0.15) is 0 Å². The predicted molar refractivity (Wildman–Crippen MR) is 110 cm³/mol. The Bertz CT molecular complexity index is 856. The highest BCUT2D eigenvalue weighted by molar-refractivity contribution is 5.67. The van der Waals surface area contributed by atoms with Gasteiger partial charge < -0.3 is 19.0 Å². The van der Waals surface area contributed by atoms with Gasteiger partial charge in [-0.15, -0.1) is 0 Å². The van der Waals surface area contributed by atoms with Gasteiger partial charge in [-0.3, -0.25) is 9.59 Å². The first kappa shape index (κ1) is 21.4. The number of esters is 2. The molecule has 7 atom stereocenters. The highest BCUT2D eigenvalue weighted by atomic mass is 16.6. The van der Waals surface area contributed by atoms with E-state index in [1.165, 1.54) is 19.4 Å². The summed E-state index contributed by atoms with van der Waals surface area (Å²) in [6.45, 7) is 11.1. The summed E-state index contributed by atoms with van der Waals surface area (Å²) >= 11 is 0. The first-order valence-corrected chi connectivity index (χ1v) is 11.1. The number of hydrogen-bond donors (Lipinski definition) is 1. The van der Waals surface area contributed by atoms with Crippen LogP contribution in [0, 0.1) is 22.7 Å². The van der Waals surface area contributed by atoms with E-state index in [2.05, 4.69) is 13.0 Å². The Hall–Kier alpha value is -1.82. The van der Waals surface area contributed by atoms with E-state index >= 15 is 0 Å². The molecule has 3 aliphatic carbocycles. The third kappa shape index (κ3) is 2.79. The Morgan fingerprint density at radius 2 is 1.83 bits per heavy atom. The zero-order chi connectivity index (χ0) is 22.1. The first-order chi connectivity index (χ1) is 13.9. The van der Waals surface area contributed by atoms with Crippen LogP contribution >= 0.6 is 0 Å². The van der Waals surface area contributed by atoms with E-state index in [4.69, 9.17) is 13.9 Å². The number of rotatable bonds is 2. The summed E-state index contributed by atoms with van der Waals surface area (Å²) in [4.78, 5) is 24.1. The topological polar surface area (TPSA) is 86.0 Å². The number of fused-ring (bicyclic) bond motifs is 4. The van der Waals surface area contributed by atoms with Crippen LogP contribution in [-0.4, -0.2) is 34.9 Å². The lowest BCUT2D eigenvalue weighted by Gasteiger charge is -2.68. The van der Waals surface area contributed by atoms with Crippen LogP contribution in [0.15, 0.2) is 16.7 Å². The molecular weight excluding hydrogens is 384 g/mol. The van der Waals surface area contributed by atoms with Crippen molar-refractivity contribution in [1.82, 2.24) is 0 Å². The summed E-state index contributed by atoms with van der Waals surface area (Å²) in [6.07, 6.45) is 3.07. The Labute approximate surface area is 178 Å². The second-order valence-electron chi connectivity index (χ2n) is 10.5. The number of ether oxygens (including phenoxy) is 2. The van der Waals surface area contributed by atoms with Gasteiger partial charge in [0.25, 0.3) is 0 Å². The molecule has 1 aromatic heterocycles. The van der Waals surface area contributed by atoms with Crippen molar-refractivity contribution in [2.75, 3.05) is 0 Å². The van der Waals surface area contributed by atoms with Gasteiger partial charge in [0.15, 0.2) is 0 Å². The molecule has 0 radical (unpaired) electrons. The molecule has 6 nitrogen and oxygen atoms in total. The third-order valence-corrected chi connectivity index (χ3v) is 8.71. The highest BCUT2D eigenvalue weighted by Crippen LogP contribution is 2.67. The molecule has 0 saturated heterocycles. The largest absolute Gasteiger partial charge is 0.469 e. The number of furan rings is 1. The van der Waals surface area contributed by atoms with Gasteiger partial charge in [-0.1, -0.05) is 27.7 Å². The molecule has 0 amide bonds. The van der Waals surface area contributed by atoms with E-state index in [-0.39, 0.29) is 11.8 Å². The van der Waals surface area contributed by atoms with Crippen LogP contribution in [0.5, 0.6) is 0 Å². The van der Waals surface area contributed by atoms with Crippen LogP contribution in [0.4, 0.5) is 0 Å². The lowest BCUT2D eigenvalue weighted by Crippen LogP contribution is -2.74. The average molecular weight is 419 g/mol. The minimum Gasteiger partial charge on any atom is -0.469 e. The van der Waals surface area contributed by atoms with Crippen molar-refractivity contribution in [2.45, 2.75) is 91.0 Å². The Morgan fingerprint density at radius 1 is 1.17 bits per heavy atom. The monoisotopic (exact) mass is 418 g/mol. The van der Waals surface area contributed by atoms with Crippen LogP contribution in [0.2, 0.25) is 0 Å². The minimum atomic E-state index is -1.07. The molecule has 4 rings (SSSR count). The molecule has 30 heavy (non-hydrogen) atoms. The molecule has 1 aromatic rings. The number of carbonyl (C=O) groups excluding carboxylic acids is 2. The Morgan fingerprint density at radius 3 is 2.47 bits per heavy atom. The lowest BCUT2D eigenvalue weighted by molar-refractivity contribution is -0.303. The van der Waals surface area contributed by atoms with Gasteiger partial charge in [-0.25, -0.2) is 0 Å². The summed E-state index contributed by atoms with van der Waals surface area (Å²) < 4.78 is 17.4. The molecule has 1 N–H and O–H groups in total. The van der Waals surface area contributed by atoms with Gasteiger partial charge >= 0.3 is 11.9 Å². The van der Waals surface area contributed by atoms with Gasteiger partial charge in [0.2, 0.25) is 0 Å². The summed E-state index contributed by atoms with van der Waals surface area (Å²) in [6, 6.07) is 2.05. The minimum absolute atomic E-state index is 0.0342. The van der Waals surface area contributed by atoms with Crippen molar-refractivity contribution in [3.63, 3.8) is 0 Å². The molecule has 1 heterocycles. The van der Waals surface area contributed by atoms with Crippen LogP contribution in [-0.2, 0) is 25.5 Å². The van der Waals surface area contributed by atoms with Crippen LogP contribution in [0.1, 0.15) is 78.0 Å². The van der Waals surface area contributed by atoms with Crippen molar-refractivity contribution >= 4 is 11.9 Å². The predicted octanol–water partition coefficient (Wildman–Crippen LogP) is 4.00. The van der Waals surface area contributed by atoms with Gasteiger partial charge in [-0.05, 0) is 54.1 Å². The summed E-state index contributed by atoms with van der Waals surface area (Å²) in [5, 5.41) is 12.3. The molecule has 3 aliphatic rings. The third-order valence-electron chi connectivity index (χ3n) is 8.71. The van der Waals surface area contributed by atoms with E-state index in [9.17, 15) is 14.7 Å². The van der Waals surface area contributed by atoms with Crippen LogP contribution in [0.3, 0.4) is 0 Å². The standard InChI is InChI=1S/C24H34O6/c1-13-16-7-9-24(27)22(4,5)12-20(29-14(2)25)21(30-15(3)26)23(24,6)18(16)11-19-17(13)8-10-28-19/h8,10,13,16,18,20-21,27H,7,9,11-12H2,1-6H3/t13?,16-,18+,20?,21?,23-,24+/m0/s1. The zero-order valence-electron chi connectivity index (χ0n) is 18.9. The zero-order valence-corrected chi connectivity index (χ0v) is 18.9. The number of carbonyl (C=O) groups is 2. The smallest absolute Gasteiger partial charge is 0.303 e. The summed E-state index contributed by atoms with van der Waals surface area (Å²) in [7, 11) is 0. The van der Waals surface area contributed by atoms with E-state index in [0.29, 0.717) is 25.2 Å². The molecular formula is C24H34O6. The van der Waals surface area contributed by atoms with Gasteiger partial charge in [0.1, 0.15) is 18.0 Å². The summed E-state index contributed by atoms with van der Waals surface area (Å²) in [5.41, 5.74) is -1.14. The maximum Gasteiger partial charge on any atom is 0.303 e. The quantitative estimate of drug-likeness (QED) is 0.731. The maximum absolute atomic E-state index is 12.3. The Kier molecular flexibility index (Phi) is 4.88. The van der Waals surface area contributed by atoms with Crippen molar-refractivity contribution in [1.29, 1.82) is 0 Å². The van der Waals surface area contributed by atoms with E-state index in [1.807, 2.05) is 20.8 Å². The second kappa shape index (κ2) is 6.84. The molecule has 0 aliphatic heterocycles. The maximum atomic E-state index is 12.3. The lowest BCUT2D eigenvalue weighted by atomic mass is 9.40. The Balaban J connectivity index is 1.88. The van der Waals surface area contributed by atoms with Gasteiger partial charge in [0, 0.05) is 25.7 Å². The molecule has 0 bridgehead atoms. The number of aliphatic hydroxyl groups is 1. The van der Waals surface area contributed by atoms with Crippen molar-refractivity contribution in [3.8, 4) is 0 Å². The fourth-order valence-corrected chi connectivity index (χ4v) is 7.28. The van der Waals surface area contributed by atoms with E-state index in [0.717, 1.165) is 12.2 Å². The molecule has 2 saturated carbocycles. The molecule has 0 spiro atoms. The summed E-state index contributed by atoms with van der Waals surface area (Å²) in [5.74, 6) is 0.763. The molecule has 3 unspecified atom stereocenters. The van der Waals surface area contributed by atoms with Crippen LogP contribution in [0.25, 0.3) is 0 Å². The second-order valence-corrected chi connectivity index (χ2v) is 10.5. The molecule has 2 fully saturated rings. The normalized spacial score (nSPS) is 41.8. The fourth-order valence-electron chi connectivity index (χ4n) is 7.28. The highest BCUT2D eigenvalue weighted by Gasteiger charge is 2.72. The average Bonchev–Trinajstić information content (AvgIpc) is 3.10. The van der Waals surface area contributed by atoms with Crippen LogP contribution < -0.4 is 0 Å². The molecule has 0 aromatic carbocycles. The van der Waals surface area contributed by atoms with Crippen molar-refractivity contribution in [3.05, 3.63) is 23.7 Å². The molecule has 166 valence electrons. The fraction of sp³-hybridized carbons (Fsp3) is 0.750. The van der Waals surface area contributed by atoms with Gasteiger partial charge in [0.05, 0.1) is 11.9 Å². The number of hydrogen-bond acceptors (Lipinski definition) is 6. The van der Waals surface area contributed by atoms with Crippen molar-refractivity contribution < 1.29 is 28.6 Å². The first-order valence-electron chi connectivity index (χ1n) is 11.1. The van der Waals surface area contributed by atoms with E-state index < -0.39 is 40.6 Å².